The van der Waals surface area contributed by atoms with Gasteiger partial charge in [-0.2, -0.15) is 5.10 Å². The second-order valence-electron chi connectivity index (χ2n) is 3.55. The Bertz CT molecular complexity index is 520. The van der Waals surface area contributed by atoms with Crippen molar-refractivity contribution in [2.24, 2.45) is 7.05 Å². The first-order chi connectivity index (χ1) is 8.16. The van der Waals surface area contributed by atoms with Gasteiger partial charge in [-0.05, 0) is 18.2 Å². The standard InChI is InChI=1S/C12H12N2O3/c1-14-11(12(15)16)7-9(13-14)8-17-10-5-3-2-4-6-10/h2-7H,8H2,1H3,(H,15,16). The molecule has 1 aromatic carbocycles. The molecule has 0 aliphatic heterocycles. The van der Waals surface area contributed by atoms with E-state index in [4.69, 9.17) is 9.84 Å². The van der Waals surface area contributed by atoms with Gasteiger partial charge in [-0.15, -0.1) is 0 Å². The van der Waals surface area contributed by atoms with E-state index in [2.05, 4.69) is 5.10 Å². The molecule has 17 heavy (non-hydrogen) atoms. The van der Waals surface area contributed by atoms with Gasteiger partial charge in [0, 0.05) is 7.05 Å². The lowest BCUT2D eigenvalue weighted by Gasteiger charge is -2.02. The SMILES string of the molecule is Cn1nc(COc2ccccc2)cc1C(=O)O. The van der Waals surface area contributed by atoms with E-state index in [0.29, 0.717) is 5.69 Å². The van der Waals surface area contributed by atoms with Crippen molar-refractivity contribution < 1.29 is 14.6 Å². The molecule has 5 heteroatoms. The predicted molar refractivity (Wildman–Crippen MR) is 60.9 cm³/mol. The van der Waals surface area contributed by atoms with E-state index >= 15 is 0 Å². The lowest BCUT2D eigenvalue weighted by molar-refractivity contribution is 0.0685. The molecule has 0 saturated heterocycles. The van der Waals surface area contributed by atoms with Crippen molar-refractivity contribution in [3.63, 3.8) is 0 Å². The fourth-order valence-electron chi connectivity index (χ4n) is 1.47. The number of rotatable bonds is 4. The van der Waals surface area contributed by atoms with Crippen molar-refractivity contribution in [1.29, 1.82) is 0 Å². The summed E-state index contributed by atoms with van der Waals surface area (Å²) in [6.07, 6.45) is 0. The van der Waals surface area contributed by atoms with Crippen LogP contribution in [0.4, 0.5) is 0 Å². The molecule has 1 heterocycles. The number of para-hydroxylation sites is 1. The number of aromatic carboxylic acids is 1. The van der Waals surface area contributed by atoms with Gasteiger partial charge in [-0.25, -0.2) is 4.79 Å². The number of aromatic nitrogens is 2. The number of carbonyl (C=O) groups is 1. The van der Waals surface area contributed by atoms with Crippen LogP contribution in [-0.2, 0) is 13.7 Å². The molecule has 0 fully saturated rings. The quantitative estimate of drug-likeness (QED) is 0.871. The normalized spacial score (nSPS) is 10.2. The lowest BCUT2D eigenvalue weighted by atomic mass is 10.3. The van der Waals surface area contributed by atoms with Crippen molar-refractivity contribution >= 4 is 5.97 Å². The van der Waals surface area contributed by atoms with E-state index < -0.39 is 5.97 Å². The molecular weight excluding hydrogens is 220 g/mol. The highest BCUT2D eigenvalue weighted by molar-refractivity contribution is 5.85. The summed E-state index contributed by atoms with van der Waals surface area (Å²) < 4.78 is 6.80. The first-order valence-corrected chi connectivity index (χ1v) is 5.11. The van der Waals surface area contributed by atoms with Crippen LogP contribution in [0.15, 0.2) is 36.4 Å². The highest BCUT2D eigenvalue weighted by atomic mass is 16.5. The van der Waals surface area contributed by atoms with Gasteiger partial charge in [-0.3, -0.25) is 4.68 Å². The molecule has 0 unspecified atom stereocenters. The monoisotopic (exact) mass is 232 g/mol. The van der Waals surface area contributed by atoms with Gasteiger partial charge in [0.05, 0.1) is 0 Å². The summed E-state index contributed by atoms with van der Waals surface area (Å²) in [5.74, 6) is -0.263. The molecule has 0 amide bonds. The summed E-state index contributed by atoms with van der Waals surface area (Å²) in [5, 5.41) is 12.9. The minimum absolute atomic E-state index is 0.150. The van der Waals surface area contributed by atoms with Crippen LogP contribution in [0, 0.1) is 0 Å². The third kappa shape index (κ3) is 2.63. The molecule has 0 bridgehead atoms. The molecule has 0 radical (unpaired) electrons. The minimum Gasteiger partial charge on any atom is -0.487 e. The number of benzene rings is 1. The number of carboxylic acid groups (broad SMARTS) is 1. The van der Waals surface area contributed by atoms with Crippen molar-refractivity contribution in [1.82, 2.24) is 9.78 Å². The Hall–Kier alpha value is -2.30. The van der Waals surface area contributed by atoms with Crippen molar-refractivity contribution in [2.75, 3.05) is 0 Å². The largest absolute Gasteiger partial charge is 0.487 e. The molecule has 2 aromatic rings. The molecule has 5 nitrogen and oxygen atoms in total. The van der Waals surface area contributed by atoms with E-state index in [1.54, 1.807) is 7.05 Å². The van der Waals surface area contributed by atoms with E-state index in [1.165, 1.54) is 10.7 Å². The van der Waals surface area contributed by atoms with E-state index in [0.717, 1.165) is 5.75 Å². The van der Waals surface area contributed by atoms with Crippen LogP contribution in [0.3, 0.4) is 0 Å². The van der Waals surface area contributed by atoms with Gasteiger partial charge in [0.1, 0.15) is 23.7 Å². The highest BCUT2D eigenvalue weighted by Crippen LogP contribution is 2.11. The molecule has 0 aliphatic carbocycles. The molecule has 0 spiro atoms. The fourth-order valence-corrected chi connectivity index (χ4v) is 1.47. The summed E-state index contributed by atoms with van der Waals surface area (Å²) in [5.41, 5.74) is 0.741. The second-order valence-corrected chi connectivity index (χ2v) is 3.55. The zero-order valence-corrected chi connectivity index (χ0v) is 9.33. The minimum atomic E-state index is -0.994. The molecule has 0 aliphatic rings. The Morgan fingerprint density at radius 1 is 1.41 bits per heavy atom. The maximum absolute atomic E-state index is 10.8. The highest BCUT2D eigenvalue weighted by Gasteiger charge is 2.11. The number of aryl methyl sites for hydroxylation is 1. The van der Waals surface area contributed by atoms with Crippen LogP contribution in [0.5, 0.6) is 5.75 Å². The van der Waals surface area contributed by atoms with Crippen molar-refractivity contribution in [3.8, 4) is 5.75 Å². The molecule has 1 aromatic heterocycles. The molecule has 0 atom stereocenters. The Labute approximate surface area is 98.3 Å². The number of hydrogen-bond donors (Lipinski definition) is 1. The smallest absolute Gasteiger partial charge is 0.354 e. The number of nitrogens with zero attached hydrogens (tertiary/aromatic N) is 2. The van der Waals surface area contributed by atoms with Crippen LogP contribution in [0.2, 0.25) is 0 Å². The van der Waals surface area contributed by atoms with Crippen molar-refractivity contribution in [2.45, 2.75) is 6.61 Å². The summed E-state index contributed by atoms with van der Waals surface area (Å²) in [7, 11) is 1.59. The van der Waals surface area contributed by atoms with Gasteiger partial charge in [0.25, 0.3) is 0 Å². The maximum atomic E-state index is 10.8. The first-order valence-electron chi connectivity index (χ1n) is 5.11. The topological polar surface area (TPSA) is 64.4 Å². The van der Waals surface area contributed by atoms with Gasteiger partial charge >= 0.3 is 5.97 Å². The predicted octanol–water partition coefficient (Wildman–Crippen LogP) is 1.70. The van der Waals surface area contributed by atoms with Crippen LogP contribution < -0.4 is 4.74 Å². The van der Waals surface area contributed by atoms with Gasteiger partial charge in [0.2, 0.25) is 0 Å². The average molecular weight is 232 g/mol. The zero-order chi connectivity index (χ0) is 12.3. The molecule has 88 valence electrons. The van der Waals surface area contributed by atoms with Crippen LogP contribution in [-0.4, -0.2) is 20.9 Å². The summed E-state index contributed by atoms with van der Waals surface area (Å²) >= 11 is 0. The van der Waals surface area contributed by atoms with Crippen molar-refractivity contribution in [3.05, 3.63) is 47.8 Å². The third-order valence-electron chi connectivity index (χ3n) is 2.28. The Morgan fingerprint density at radius 3 is 2.71 bits per heavy atom. The first kappa shape index (κ1) is 11.2. The fraction of sp³-hybridized carbons (Fsp3) is 0.167. The second kappa shape index (κ2) is 4.69. The summed E-state index contributed by atoms with van der Waals surface area (Å²) in [6, 6.07) is 10.8. The zero-order valence-electron chi connectivity index (χ0n) is 9.33. The third-order valence-corrected chi connectivity index (χ3v) is 2.28. The molecular formula is C12H12N2O3. The Morgan fingerprint density at radius 2 is 2.12 bits per heavy atom. The van der Waals surface area contributed by atoms with E-state index in [1.807, 2.05) is 30.3 Å². The number of carboxylic acids is 1. The van der Waals surface area contributed by atoms with Crippen LogP contribution in [0.1, 0.15) is 16.2 Å². The maximum Gasteiger partial charge on any atom is 0.354 e. The summed E-state index contributed by atoms with van der Waals surface area (Å²) in [6.45, 7) is 0.255. The van der Waals surface area contributed by atoms with Crippen LogP contribution in [0.25, 0.3) is 0 Å². The lowest BCUT2D eigenvalue weighted by Crippen LogP contribution is -2.04. The van der Waals surface area contributed by atoms with E-state index in [-0.39, 0.29) is 12.3 Å². The van der Waals surface area contributed by atoms with E-state index in [9.17, 15) is 4.79 Å². The summed E-state index contributed by atoms with van der Waals surface area (Å²) in [4.78, 5) is 10.8. The molecule has 1 N–H and O–H groups in total. The van der Waals surface area contributed by atoms with Gasteiger partial charge in [-0.1, -0.05) is 18.2 Å². The Balaban J connectivity index is 2.05. The number of hydrogen-bond acceptors (Lipinski definition) is 3. The number of ether oxygens (including phenoxy) is 1. The average Bonchev–Trinajstić information content (AvgIpc) is 2.69. The van der Waals surface area contributed by atoms with Crippen LogP contribution >= 0.6 is 0 Å². The van der Waals surface area contributed by atoms with Gasteiger partial charge in [0.15, 0.2) is 0 Å². The Kier molecular flexibility index (Phi) is 3.09. The molecule has 0 saturated carbocycles. The molecule has 2 rings (SSSR count). The van der Waals surface area contributed by atoms with Gasteiger partial charge < -0.3 is 9.84 Å².